The van der Waals surface area contributed by atoms with E-state index < -0.39 is 17.9 Å². The van der Waals surface area contributed by atoms with E-state index in [0.29, 0.717) is 47.8 Å². The Morgan fingerprint density at radius 2 is 1.81 bits per heavy atom. The quantitative estimate of drug-likeness (QED) is 0.338. The third-order valence-corrected chi connectivity index (χ3v) is 5.92. The smallest absolute Gasteiger partial charge is 0.328 e. The molecule has 196 valence electrons. The van der Waals surface area contributed by atoms with Crippen molar-refractivity contribution in [3.8, 4) is 22.9 Å². The number of ether oxygens (including phenoxy) is 2. The molecule has 0 bridgehead atoms. The summed E-state index contributed by atoms with van der Waals surface area (Å²) in [7, 11) is 1.25. The second kappa shape index (κ2) is 12.7. The molecule has 0 aliphatic heterocycles. The van der Waals surface area contributed by atoms with Crippen LogP contribution in [0.15, 0.2) is 47.3 Å². The molecule has 1 atom stereocenters. The zero-order valence-electron chi connectivity index (χ0n) is 21.6. The first-order valence-electron chi connectivity index (χ1n) is 12.4. The normalized spacial score (nSPS) is 11.6. The molecule has 1 amide bonds. The van der Waals surface area contributed by atoms with Gasteiger partial charge < -0.3 is 24.9 Å². The Morgan fingerprint density at radius 1 is 1.08 bits per heavy atom. The molecule has 0 aliphatic carbocycles. The Bertz CT molecular complexity index is 1300. The van der Waals surface area contributed by atoms with E-state index in [0.717, 1.165) is 12.0 Å². The van der Waals surface area contributed by atoms with Gasteiger partial charge in [-0.1, -0.05) is 32.9 Å². The van der Waals surface area contributed by atoms with E-state index in [1.165, 1.54) is 19.2 Å². The number of phenols is 1. The first kappa shape index (κ1) is 27.4. The number of carbonyl (C=O) groups excluding carboxylic acids is 2. The molecule has 0 saturated carbocycles. The number of nitrogens with one attached hydrogen (secondary N) is 2. The average molecular weight is 508 g/mol. The van der Waals surface area contributed by atoms with E-state index in [2.05, 4.69) is 15.3 Å². The first-order valence-corrected chi connectivity index (χ1v) is 12.4. The summed E-state index contributed by atoms with van der Waals surface area (Å²) < 4.78 is 10.8. The van der Waals surface area contributed by atoms with Crippen molar-refractivity contribution < 1.29 is 24.2 Å². The van der Waals surface area contributed by atoms with Crippen LogP contribution in [0.2, 0.25) is 0 Å². The van der Waals surface area contributed by atoms with E-state index in [9.17, 15) is 19.5 Å². The molecule has 3 rings (SSSR count). The van der Waals surface area contributed by atoms with Crippen LogP contribution < -0.4 is 15.6 Å². The summed E-state index contributed by atoms with van der Waals surface area (Å²) >= 11 is 0. The van der Waals surface area contributed by atoms with Crippen molar-refractivity contribution in [2.75, 3.05) is 13.7 Å². The second-order valence-electron chi connectivity index (χ2n) is 8.53. The number of aromatic hydroxyl groups is 1. The number of amides is 1. The highest BCUT2D eigenvalue weighted by Crippen LogP contribution is 2.29. The molecule has 0 saturated heterocycles. The van der Waals surface area contributed by atoms with Crippen molar-refractivity contribution in [1.29, 1.82) is 0 Å². The van der Waals surface area contributed by atoms with Crippen LogP contribution >= 0.6 is 0 Å². The molecule has 37 heavy (non-hydrogen) atoms. The van der Waals surface area contributed by atoms with Crippen molar-refractivity contribution in [3.05, 3.63) is 75.2 Å². The summed E-state index contributed by atoms with van der Waals surface area (Å²) in [6.07, 6.45) is 2.10. The molecule has 0 fully saturated rings. The zero-order valence-corrected chi connectivity index (χ0v) is 21.6. The Hall–Kier alpha value is -4.14. The second-order valence-corrected chi connectivity index (χ2v) is 8.53. The highest BCUT2D eigenvalue weighted by atomic mass is 16.5. The molecule has 0 aliphatic rings. The number of esters is 1. The van der Waals surface area contributed by atoms with Gasteiger partial charge >= 0.3 is 5.97 Å². The van der Waals surface area contributed by atoms with Gasteiger partial charge in [0.25, 0.3) is 11.5 Å². The predicted molar refractivity (Wildman–Crippen MR) is 140 cm³/mol. The molecule has 2 aromatic carbocycles. The van der Waals surface area contributed by atoms with Gasteiger partial charge in [-0.05, 0) is 55.2 Å². The summed E-state index contributed by atoms with van der Waals surface area (Å²) in [6, 6.07) is 10.3. The van der Waals surface area contributed by atoms with Crippen molar-refractivity contribution in [3.63, 3.8) is 0 Å². The van der Waals surface area contributed by atoms with Crippen molar-refractivity contribution in [2.45, 2.75) is 52.5 Å². The third-order valence-electron chi connectivity index (χ3n) is 5.92. The summed E-state index contributed by atoms with van der Waals surface area (Å²) in [4.78, 5) is 45.9. The standard InChI is InChI=1S/C28H33N3O6/c1-5-14-37-24-13-10-18(16-21(24)25-29-22(7-3)20(6-2)27(34)31-25)26(33)30-23(28(35)36-4)15-17-8-11-19(32)12-9-17/h8-13,16,23,32H,5-7,14-15H2,1-4H3,(H,30,33)(H,29,31,34). The Balaban J connectivity index is 1.97. The maximum absolute atomic E-state index is 13.2. The molecule has 3 aromatic rings. The lowest BCUT2D eigenvalue weighted by Crippen LogP contribution is -2.43. The minimum absolute atomic E-state index is 0.102. The van der Waals surface area contributed by atoms with Crippen molar-refractivity contribution in [2.24, 2.45) is 0 Å². The van der Waals surface area contributed by atoms with Crippen LogP contribution in [0.5, 0.6) is 11.5 Å². The van der Waals surface area contributed by atoms with Gasteiger partial charge in [-0.3, -0.25) is 9.59 Å². The van der Waals surface area contributed by atoms with Crippen molar-refractivity contribution in [1.82, 2.24) is 15.3 Å². The number of hydrogen-bond acceptors (Lipinski definition) is 7. The average Bonchev–Trinajstić information content (AvgIpc) is 2.91. The highest BCUT2D eigenvalue weighted by molar-refractivity contribution is 5.98. The molecule has 1 aromatic heterocycles. The van der Waals surface area contributed by atoms with E-state index in [4.69, 9.17) is 9.47 Å². The summed E-state index contributed by atoms with van der Waals surface area (Å²) in [5, 5.41) is 12.2. The molecular formula is C28H33N3O6. The third kappa shape index (κ3) is 6.75. The van der Waals surface area contributed by atoms with Crippen LogP contribution in [0, 0.1) is 0 Å². The van der Waals surface area contributed by atoms with Crippen LogP contribution in [0.3, 0.4) is 0 Å². The topological polar surface area (TPSA) is 131 Å². The lowest BCUT2D eigenvalue weighted by molar-refractivity contribution is -0.142. The van der Waals surface area contributed by atoms with Gasteiger partial charge in [0, 0.05) is 17.5 Å². The Morgan fingerprint density at radius 3 is 2.43 bits per heavy atom. The number of phenolic OH excluding ortho intramolecular Hbond substituents is 1. The Kier molecular flexibility index (Phi) is 9.43. The largest absolute Gasteiger partial charge is 0.508 e. The molecular weight excluding hydrogens is 474 g/mol. The predicted octanol–water partition coefficient (Wildman–Crippen LogP) is 3.57. The lowest BCUT2D eigenvalue weighted by atomic mass is 10.0. The molecule has 0 radical (unpaired) electrons. The van der Waals surface area contributed by atoms with Crippen LogP contribution in [-0.2, 0) is 28.8 Å². The fourth-order valence-electron chi connectivity index (χ4n) is 3.97. The number of rotatable bonds is 11. The summed E-state index contributed by atoms with van der Waals surface area (Å²) in [5.41, 5.74) is 2.58. The number of nitrogens with zero attached hydrogens (tertiary/aromatic N) is 1. The lowest BCUT2D eigenvalue weighted by Gasteiger charge is -2.18. The number of benzene rings is 2. The fraction of sp³-hybridized carbons (Fsp3) is 0.357. The number of H-pyrrole nitrogens is 1. The van der Waals surface area contributed by atoms with Crippen LogP contribution in [0.4, 0.5) is 0 Å². The minimum atomic E-state index is -0.949. The number of carbonyl (C=O) groups is 2. The Labute approximate surface area is 215 Å². The monoisotopic (exact) mass is 507 g/mol. The molecule has 3 N–H and O–H groups in total. The number of hydrogen-bond donors (Lipinski definition) is 3. The number of aromatic nitrogens is 2. The molecule has 0 spiro atoms. The molecule has 1 heterocycles. The first-order chi connectivity index (χ1) is 17.8. The van der Waals surface area contributed by atoms with Crippen molar-refractivity contribution >= 4 is 11.9 Å². The zero-order chi connectivity index (χ0) is 26.9. The van der Waals surface area contributed by atoms with Crippen LogP contribution in [0.1, 0.15) is 54.4 Å². The minimum Gasteiger partial charge on any atom is -0.508 e. The van der Waals surface area contributed by atoms with E-state index in [1.54, 1.807) is 30.3 Å². The van der Waals surface area contributed by atoms with Gasteiger partial charge in [-0.25, -0.2) is 9.78 Å². The maximum atomic E-state index is 13.2. The van der Waals surface area contributed by atoms with Crippen LogP contribution in [0.25, 0.3) is 11.4 Å². The van der Waals surface area contributed by atoms with E-state index in [1.807, 2.05) is 20.8 Å². The number of methoxy groups -OCH3 is 1. The highest BCUT2D eigenvalue weighted by Gasteiger charge is 2.24. The van der Waals surface area contributed by atoms with E-state index >= 15 is 0 Å². The van der Waals surface area contributed by atoms with Gasteiger partial charge in [-0.2, -0.15) is 0 Å². The van der Waals surface area contributed by atoms with E-state index in [-0.39, 0.29) is 23.3 Å². The van der Waals surface area contributed by atoms with Gasteiger partial charge in [0.1, 0.15) is 23.4 Å². The van der Waals surface area contributed by atoms with Gasteiger partial charge in [-0.15, -0.1) is 0 Å². The summed E-state index contributed by atoms with van der Waals surface area (Å²) in [6.45, 7) is 6.27. The molecule has 9 heteroatoms. The maximum Gasteiger partial charge on any atom is 0.328 e. The summed E-state index contributed by atoms with van der Waals surface area (Å²) in [5.74, 6) is -0.195. The number of aryl methyl sites for hydroxylation is 1. The SMILES string of the molecule is CCCOc1ccc(C(=O)NC(Cc2ccc(O)cc2)C(=O)OC)cc1-c1nc(CC)c(CC)c(=O)[nH]1. The van der Waals surface area contributed by atoms with Gasteiger partial charge in [0.05, 0.1) is 25.0 Å². The van der Waals surface area contributed by atoms with Gasteiger partial charge in [0.2, 0.25) is 0 Å². The molecule has 9 nitrogen and oxygen atoms in total. The van der Waals surface area contributed by atoms with Crippen LogP contribution in [-0.4, -0.2) is 46.7 Å². The number of aromatic amines is 1. The van der Waals surface area contributed by atoms with Gasteiger partial charge in [0.15, 0.2) is 0 Å². The molecule has 1 unspecified atom stereocenters. The fourth-order valence-corrected chi connectivity index (χ4v) is 3.97.